The van der Waals surface area contributed by atoms with Crippen molar-refractivity contribution in [2.45, 2.75) is 45.6 Å². The van der Waals surface area contributed by atoms with E-state index in [1.165, 1.54) is 5.56 Å². The molecular weight excluding hydrogens is 246 g/mol. The van der Waals surface area contributed by atoms with Crippen molar-refractivity contribution in [3.8, 4) is 0 Å². The molecule has 0 saturated heterocycles. The van der Waals surface area contributed by atoms with Crippen molar-refractivity contribution in [3.05, 3.63) is 35.4 Å². The molecule has 18 heavy (non-hydrogen) atoms. The fourth-order valence-corrected chi connectivity index (χ4v) is 2.30. The normalized spacial score (nSPS) is 11.3. The van der Waals surface area contributed by atoms with Crippen molar-refractivity contribution in [1.82, 2.24) is 5.32 Å². The van der Waals surface area contributed by atoms with Gasteiger partial charge in [0.25, 0.3) is 5.91 Å². The van der Waals surface area contributed by atoms with Gasteiger partial charge in [0.05, 0.1) is 5.54 Å². The average Bonchev–Trinajstić information content (AvgIpc) is 2.45. The Kier molecular flexibility index (Phi) is 5.67. The van der Waals surface area contributed by atoms with Crippen LogP contribution in [0.5, 0.6) is 0 Å². The van der Waals surface area contributed by atoms with Crippen LogP contribution in [0, 0.1) is 0 Å². The number of carbonyl (C=O) groups excluding carboxylic acids is 1. The predicted octanol–water partition coefficient (Wildman–Crippen LogP) is 3.78. The zero-order valence-corrected chi connectivity index (χ0v) is 12.2. The molecule has 2 nitrogen and oxygen atoms in total. The lowest BCUT2D eigenvalue weighted by molar-refractivity contribution is 0.0902. The number of carbonyl (C=O) groups is 1. The van der Waals surface area contributed by atoms with E-state index in [1.807, 2.05) is 38.1 Å². The topological polar surface area (TPSA) is 29.1 Å². The molecule has 0 atom stereocenters. The van der Waals surface area contributed by atoms with Gasteiger partial charge in [0.1, 0.15) is 0 Å². The summed E-state index contributed by atoms with van der Waals surface area (Å²) in [5, 5.41) is 3.06. The standard InChI is InChI=1S/C15H22ClNO/c1-4-12-7-9-13(10-8-12)14(18)17-15(5-2,6-3)11-16/h7-10H,4-6,11H2,1-3H3,(H,17,18). The minimum atomic E-state index is -0.290. The monoisotopic (exact) mass is 267 g/mol. The molecule has 0 unspecified atom stereocenters. The van der Waals surface area contributed by atoms with Crippen LogP contribution in [0.2, 0.25) is 0 Å². The van der Waals surface area contributed by atoms with Crippen LogP contribution < -0.4 is 5.32 Å². The summed E-state index contributed by atoms with van der Waals surface area (Å²) in [6, 6.07) is 7.74. The second kappa shape index (κ2) is 6.79. The van der Waals surface area contributed by atoms with E-state index in [0.29, 0.717) is 11.4 Å². The average molecular weight is 268 g/mol. The van der Waals surface area contributed by atoms with Crippen molar-refractivity contribution in [1.29, 1.82) is 0 Å². The highest BCUT2D eigenvalue weighted by Gasteiger charge is 2.27. The molecule has 0 fully saturated rings. The second-order valence-electron chi connectivity index (χ2n) is 4.63. The molecule has 1 aromatic rings. The molecule has 0 aliphatic carbocycles. The first kappa shape index (κ1) is 15.0. The summed E-state index contributed by atoms with van der Waals surface area (Å²) in [4.78, 5) is 12.2. The number of rotatable bonds is 6. The molecule has 1 amide bonds. The Labute approximate surface area is 115 Å². The lowest BCUT2D eigenvalue weighted by Gasteiger charge is -2.30. The highest BCUT2D eigenvalue weighted by atomic mass is 35.5. The molecule has 1 N–H and O–H groups in total. The molecule has 1 aromatic carbocycles. The summed E-state index contributed by atoms with van der Waals surface area (Å²) in [7, 11) is 0. The van der Waals surface area contributed by atoms with E-state index in [9.17, 15) is 4.79 Å². The van der Waals surface area contributed by atoms with Gasteiger partial charge in [0.15, 0.2) is 0 Å². The van der Waals surface area contributed by atoms with Gasteiger partial charge in [0, 0.05) is 11.4 Å². The maximum atomic E-state index is 12.2. The lowest BCUT2D eigenvalue weighted by Crippen LogP contribution is -2.49. The van der Waals surface area contributed by atoms with Gasteiger partial charge >= 0.3 is 0 Å². The molecule has 3 heteroatoms. The van der Waals surface area contributed by atoms with Gasteiger partial charge in [-0.25, -0.2) is 0 Å². The first-order valence-corrected chi connectivity index (χ1v) is 7.11. The maximum absolute atomic E-state index is 12.2. The number of alkyl halides is 1. The molecule has 0 aliphatic heterocycles. The molecule has 0 radical (unpaired) electrons. The van der Waals surface area contributed by atoms with E-state index in [1.54, 1.807) is 0 Å². The second-order valence-corrected chi connectivity index (χ2v) is 4.89. The van der Waals surface area contributed by atoms with Gasteiger partial charge in [-0.3, -0.25) is 4.79 Å². The van der Waals surface area contributed by atoms with Gasteiger partial charge in [-0.05, 0) is 37.0 Å². The van der Waals surface area contributed by atoms with Crippen LogP contribution in [0.3, 0.4) is 0 Å². The zero-order chi connectivity index (χ0) is 13.6. The van der Waals surface area contributed by atoms with E-state index in [2.05, 4.69) is 12.2 Å². The summed E-state index contributed by atoms with van der Waals surface area (Å²) >= 11 is 5.99. The van der Waals surface area contributed by atoms with Crippen molar-refractivity contribution in [2.24, 2.45) is 0 Å². The summed E-state index contributed by atoms with van der Waals surface area (Å²) in [5.41, 5.74) is 1.65. The van der Waals surface area contributed by atoms with E-state index in [-0.39, 0.29) is 11.4 Å². The van der Waals surface area contributed by atoms with Crippen LogP contribution in [0.25, 0.3) is 0 Å². The Morgan fingerprint density at radius 2 is 1.72 bits per heavy atom. The predicted molar refractivity (Wildman–Crippen MR) is 77.3 cm³/mol. The molecule has 0 spiro atoms. The van der Waals surface area contributed by atoms with Crippen LogP contribution >= 0.6 is 11.6 Å². The van der Waals surface area contributed by atoms with Crippen LogP contribution in [0.1, 0.15) is 49.5 Å². The van der Waals surface area contributed by atoms with E-state index >= 15 is 0 Å². The number of halogens is 1. The van der Waals surface area contributed by atoms with Gasteiger partial charge in [-0.15, -0.1) is 11.6 Å². The Balaban J connectivity index is 2.80. The minimum absolute atomic E-state index is 0.0398. The summed E-state index contributed by atoms with van der Waals surface area (Å²) < 4.78 is 0. The molecule has 1 rings (SSSR count). The Bertz CT molecular complexity index is 374. The summed E-state index contributed by atoms with van der Waals surface area (Å²) in [6.07, 6.45) is 2.66. The van der Waals surface area contributed by atoms with Gasteiger partial charge in [-0.1, -0.05) is 32.9 Å². The van der Waals surface area contributed by atoms with E-state index in [0.717, 1.165) is 19.3 Å². The molecular formula is C15H22ClNO. The third-order valence-corrected chi connectivity index (χ3v) is 4.12. The largest absolute Gasteiger partial charge is 0.345 e. The Morgan fingerprint density at radius 3 is 2.11 bits per heavy atom. The maximum Gasteiger partial charge on any atom is 0.251 e. The quantitative estimate of drug-likeness (QED) is 0.781. The Morgan fingerprint density at radius 1 is 1.17 bits per heavy atom. The third kappa shape index (κ3) is 3.49. The minimum Gasteiger partial charge on any atom is -0.345 e. The van der Waals surface area contributed by atoms with Crippen LogP contribution in [0.15, 0.2) is 24.3 Å². The number of aryl methyl sites for hydroxylation is 1. The zero-order valence-electron chi connectivity index (χ0n) is 11.4. The first-order chi connectivity index (χ1) is 8.60. The molecule has 0 aliphatic rings. The number of hydrogen-bond donors (Lipinski definition) is 1. The highest BCUT2D eigenvalue weighted by molar-refractivity contribution is 6.18. The summed E-state index contributed by atoms with van der Waals surface area (Å²) in [6.45, 7) is 6.19. The third-order valence-electron chi connectivity index (χ3n) is 3.61. The molecule has 100 valence electrons. The van der Waals surface area contributed by atoms with Crippen molar-refractivity contribution in [3.63, 3.8) is 0 Å². The van der Waals surface area contributed by atoms with Gasteiger partial charge < -0.3 is 5.32 Å². The fourth-order valence-electron chi connectivity index (χ4n) is 1.85. The number of hydrogen-bond acceptors (Lipinski definition) is 1. The van der Waals surface area contributed by atoms with Gasteiger partial charge in [0.2, 0.25) is 0 Å². The fraction of sp³-hybridized carbons (Fsp3) is 0.533. The first-order valence-electron chi connectivity index (χ1n) is 6.58. The smallest absolute Gasteiger partial charge is 0.251 e. The van der Waals surface area contributed by atoms with Crippen molar-refractivity contribution in [2.75, 3.05) is 5.88 Å². The lowest BCUT2D eigenvalue weighted by atomic mass is 9.94. The molecule has 0 saturated carbocycles. The van der Waals surface area contributed by atoms with Crippen LogP contribution in [-0.2, 0) is 6.42 Å². The summed E-state index contributed by atoms with van der Waals surface area (Å²) in [5.74, 6) is 0.403. The van der Waals surface area contributed by atoms with Crippen LogP contribution in [-0.4, -0.2) is 17.3 Å². The molecule has 0 heterocycles. The molecule has 0 bridgehead atoms. The SMILES string of the molecule is CCc1ccc(C(=O)NC(CC)(CC)CCl)cc1. The van der Waals surface area contributed by atoms with Gasteiger partial charge in [-0.2, -0.15) is 0 Å². The van der Waals surface area contributed by atoms with Crippen molar-refractivity contribution >= 4 is 17.5 Å². The van der Waals surface area contributed by atoms with Crippen molar-refractivity contribution < 1.29 is 4.79 Å². The number of benzene rings is 1. The highest BCUT2D eigenvalue weighted by Crippen LogP contribution is 2.18. The van der Waals surface area contributed by atoms with E-state index in [4.69, 9.17) is 11.6 Å². The Hall–Kier alpha value is -1.02. The number of nitrogens with one attached hydrogen (secondary N) is 1. The number of amides is 1. The van der Waals surface area contributed by atoms with Crippen LogP contribution in [0.4, 0.5) is 0 Å². The van der Waals surface area contributed by atoms with E-state index < -0.39 is 0 Å². The molecule has 0 aromatic heterocycles.